The van der Waals surface area contributed by atoms with Crippen molar-refractivity contribution in [2.75, 3.05) is 6.61 Å². The predicted molar refractivity (Wildman–Crippen MR) is 62.6 cm³/mol. The smallest absolute Gasteiger partial charge is 0.339 e. The molecule has 1 heterocycles. The van der Waals surface area contributed by atoms with Crippen LogP contribution >= 0.6 is 11.6 Å². The summed E-state index contributed by atoms with van der Waals surface area (Å²) in [7, 11) is 0. The fourth-order valence-corrected chi connectivity index (χ4v) is 1.69. The Morgan fingerprint density at radius 3 is 3.00 bits per heavy atom. The lowest BCUT2D eigenvalue weighted by Crippen LogP contribution is -2.06. The van der Waals surface area contributed by atoms with Crippen LogP contribution in [0, 0.1) is 11.3 Å². The van der Waals surface area contributed by atoms with E-state index < -0.39 is 5.97 Å². The van der Waals surface area contributed by atoms with Crippen LogP contribution in [0.15, 0.2) is 30.3 Å². The van der Waals surface area contributed by atoms with Crippen molar-refractivity contribution < 1.29 is 9.53 Å². The molecule has 0 saturated heterocycles. The molecule has 17 heavy (non-hydrogen) atoms. The van der Waals surface area contributed by atoms with Gasteiger partial charge in [-0.05, 0) is 12.1 Å². The average Bonchev–Trinajstić information content (AvgIpc) is 2.34. The van der Waals surface area contributed by atoms with Crippen molar-refractivity contribution in [2.24, 2.45) is 0 Å². The Morgan fingerprint density at radius 1 is 1.47 bits per heavy atom. The van der Waals surface area contributed by atoms with Gasteiger partial charge >= 0.3 is 5.97 Å². The van der Waals surface area contributed by atoms with Crippen molar-refractivity contribution in [2.45, 2.75) is 0 Å². The van der Waals surface area contributed by atoms with E-state index in [1.54, 1.807) is 30.3 Å². The van der Waals surface area contributed by atoms with E-state index in [4.69, 9.17) is 21.6 Å². The first-order valence-electron chi connectivity index (χ1n) is 4.81. The number of carbonyl (C=O) groups excluding carboxylic acids is 1. The predicted octanol–water partition coefficient (Wildman–Crippen LogP) is 2.57. The highest BCUT2D eigenvalue weighted by atomic mass is 35.5. The second-order valence-electron chi connectivity index (χ2n) is 3.24. The van der Waals surface area contributed by atoms with Crippen molar-refractivity contribution >= 4 is 28.5 Å². The van der Waals surface area contributed by atoms with Crippen molar-refractivity contribution in [1.29, 1.82) is 5.26 Å². The number of hydrogen-bond donors (Lipinski definition) is 0. The number of nitrogens with zero attached hydrogens (tertiary/aromatic N) is 2. The number of fused-ring (bicyclic) bond motifs is 1. The van der Waals surface area contributed by atoms with Crippen LogP contribution in [0.2, 0.25) is 5.15 Å². The van der Waals surface area contributed by atoms with Gasteiger partial charge in [0.05, 0.1) is 11.1 Å². The first-order valence-corrected chi connectivity index (χ1v) is 5.19. The minimum Gasteiger partial charge on any atom is -0.447 e. The monoisotopic (exact) mass is 246 g/mol. The second-order valence-corrected chi connectivity index (χ2v) is 3.63. The molecule has 1 aromatic carbocycles. The first-order chi connectivity index (χ1) is 8.22. The van der Waals surface area contributed by atoms with E-state index in [1.165, 1.54) is 6.07 Å². The molecular weight excluding hydrogens is 240 g/mol. The van der Waals surface area contributed by atoms with Gasteiger partial charge in [0, 0.05) is 5.39 Å². The summed E-state index contributed by atoms with van der Waals surface area (Å²) in [4.78, 5) is 15.8. The minimum absolute atomic E-state index is 0.215. The Balaban J connectivity index is 2.53. The van der Waals surface area contributed by atoms with Gasteiger partial charge < -0.3 is 4.74 Å². The number of aromatic nitrogens is 1. The maximum Gasteiger partial charge on any atom is 0.339 e. The van der Waals surface area contributed by atoms with Crippen molar-refractivity contribution in [1.82, 2.24) is 4.98 Å². The highest BCUT2D eigenvalue weighted by Gasteiger charge is 2.13. The zero-order valence-electron chi connectivity index (χ0n) is 8.68. The van der Waals surface area contributed by atoms with Gasteiger partial charge in [-0.15, -0.1) is 0 Å². The third kappa shape index (κ3) is 2.35. The molecule has 0 aliphatic heterocycles. The molecule has 0 spiro atoms. The van der Waals surface area contributed by atoms with Crippen LogP contribution in [-0.2, 0) is 4.74 Å². The van der Waals surface area contributed by atoms with Crippen molar-refractivity contribution in [3.05, 3.63) is 41.0 Å². The molecule has 0 atom stereocenters. The molecule has 84 valence electrons. The number of rotatable bonds is 2. The molecule has 2 aromatic rings. The average molecular weight is 247 g/mol. The van der Waals surface area contributed by atoms with Crippen LogP contribution in [0.1, 0.15) is 10.4 Å². The number of nitriles is 1. The van der Waals surface area contributed by atoms with E-state index in [1.807, 2.05) is 0 Å². The van der Waals surface area contributed by atoms with E-state index in [0.717, 1.165) is 0 Å². The van der Waals surface area contributed by atoms with Crippen molar-refractivity contribution in [3.8, 4) is 6.07 Å². The standard InChI is InChI=1S/C12H7ClN2O2/c13-11-7-9(12(16)17-6-5-14)8-3-1-2-4-10(8)15-11/h1-4,7H,6H2. The molecule has 0 unspecified atom stereocenters. The van der Waals surface area contributed by atoms with Gasteiger partial charge in [-0.2, -0.15) is 5.26 Å². The molecule has 0 fully saturated rings. The molecule has 4 nitrogen and oxygen atoms in total. The summed E-state index contributed by atoms with van der Waals surface area (Å²) in [6.45, 7) is -0.285. The lowest BCUT2D eigenvalue weighted by Gasteiger charge is -2.05. The molecule has 0 radical (unpaired) electrons. The summed E-state index contributed by atoms with van der Waals surface area (Å²) in [5.41, 5.74) is 0.930. The molecule has 0 aliphatic rings. The highest BCUT2D eigenvalue weighted by Crippen LogP contribution is 2.21. The maximum atomic E-state index is 11.7. The fraction of sp³-hybridized carbons (Fsp3) is 0.0833. The highest BCUT2D eigenvalue weighted by molar-refractivity contribution is 6.30. The molecular formula is C12H7ClN2O2. The van der Waals surface area contributed by atoms with Crippen molar-refractivity contribution in [3.63, 3.8) is 0 Å². The number of halogens is 1. The van der Waals surface area contributed by atoms with Crippen LogP contribution in [0.5, 0.6) is 0 Å². The number of esters is 1. The number of hydrogen-bond acceptors (Lipinski definition) is 4. The van der Waals surface area contributed by atoms with Gasteiger partial charge in [0.25, 0.3) is 0 Å². The number of ether oxygens (including phenoxy) is 1. The van der Waals surface area contributed by atoms with Gasteiger partial charge in [-0.3, -0.25) is 0 Å². The van der Waals surface area contributed by atoms with E-state index in [0.29, 0.717) is 16.5 Å². The minimum atomic E-state index is -0.577. The van der Waals surface area contributed by atoms with Crippen LogP contribution < -0.4 is 0 Å². The Hall–Kier alpha value is -2.12. The Kier molecular flexibility index (Phi) is 3.22. The molecule has 0 N–H and O–H groups in total. The zero-order valence-corrected chi connectivity index (χ0v) is 9.44. The molecule has 0 saturated carbocycles. The lowest BCUT2D eigenvalue weighted by molar-refractivity contribution is 0.0557. The largest absolute Gasteiger partial charge is 0.447 e. The summed E-state index contributed by atoms with van der Waals surface area (Å²) in [6, 6.07) is 10.3. The van der Waals surface area contributed by atoms with Gasteiger partial charge in [-0.25, -0.2) is 9.78 Å². The third-order valence-corrected chi connectivity index (χ3v) is 2.37. The van der Waals surface area contributed by atoms with Crippen LogP contribution in [0.4, 0.5) is 0 Å². The van der Waals surface area contributed by atoms with Gasteiger partial charge in [-0.1, -0.05) is 29.8 Å². The first kappa shape index (κ1) is 11.4. The van der Waals surface area contributed by atoms with Crippen LogP contribution in [0.25, 0.3) is 10.9 Å². The Labute approximate surface area is 102 Å². The van der Waals surface area contributed by atoms with Crippen LogP contribution in [0.3, 0.4) is 0 Å². The van der Waals surface area contributed by atoms with E-state index in [-0.39, 0.29) is 11.8 Å². The molecule has 1 aromatic heterocycles. The maximum absolute atomic E-state index is 11.7. The van der Waals surface area contributed by atoms with E-state index >= 15 is 0 Å². The van der Waals surface area contributed by atoms with Gasteiger partial charge in [0.2, 0.25) is 0 Å². The second kappa shape index (κ2) is 4.81. The zero-order chi connectivity index (χ0) is 12.3. The van der Waals surface area contributed by atoms with E-state index in [9.17, 15) is 4.79 Å². The molecule has 5 heteroatoms. The summed E-state index contributed by atoms with van der Waals surface area (Å²) in [5.74, 6) is -0.577. The third-order valence-electron chi connectivity index (χ3n) is 2.17. The molecule has 2 rings (SSSR count). The lowest BCUT2D eigenvalue weighted by atomic mass is 10.1. The molecule has 0 bridgehead atoms. The number of para-hydroxylation sites is 1. The van der Waals surface area contributed by atoms with E-state index in [2.05, 4.69) is 4.98 Å². The normalized spacial score (nSPS) is 9.88. The Bertz CT molecular complexity index is 619. The Morgan fingerprint density at radius 2 is 2.24 bits per heavy atom. The summed E-state index contributed by atoms with van der Waals surface area (Å²) < 4.78 is 4.75. The number of carbonyl (C=O) groups is 1. The van der Waals surface area contributed by atoms with Gasteiger partial charge in [0.1, 0.15) is 11.2 Å². The quantitative estimate of drug-likeness (QED) is 0.603. The fourth-order valence-electron chi connectivity index (χ4n) is 1.49. The molecule has 0 amide bonds. The molecule has 0 aliphatic carbocycles. The topological polar surface area (TPSA) is 63.0 Å². The van der Waals surface area contributed by atoms with Crippen LogP contribution in [-0.4, -0.2) is 17.6 Å². The van der Waals surface area contributed by atoms with Gasteiger partial charge in [0.15, 0.2) is 6.61 Å². The number of benzene rings is 1. The summed E-state index contributed by atoms with van der Waals surface area (Å²) in [5, 5.41) is 9.23. The summed E-state index contributed by atoms with van der Waals surface area (Å²) >= 11 is 5.82. The SMILES string of the molecule is N#CCOC(=O)c1cc(Cl)nc2ccccc12. The number of pyridine rings is 1. The summed E-state index contributed by atoms with van der Waals surface area (Å²) in [6.07, 6.45) is 0.